The Morgan fingerprint density at radius 2 is 2.00 bits per heavy atom. The van der Waals surface area contributed by atoms with Gasteiger partial charge in [0, 0.05) is 30.1 Å². The maximum Gasteiger partial charge on any atom is 0.186 e. The predicted octanol–water partition coefficient (Wildman–Crippen LogP) is 5.44. The Hall–Kier alpha value is -3.43. The van der Waals surface area contributed by atoms with E-state index < -0.39 is 0 Å². The smallest absolute Gasteiger partial charge is 0.186 e. The number of nitrogens with zero attached hydrogens (tertiary/aromatic N) is 6. The maximum atomic E-state index is 13.0. The Kier molecular flexibility index (Phi) is 9.59. The van der Waals surface area contributed by atoms with Gasteiger partial charge in [-0.1, -0.05) is 41.5 Å². The number of thiazole rings is 1. The van der Waals surface area contributed by atoms with Gasteiger partial charge in [-0.2, -0.15) is 10.4 Å². The molecule has 4 N–H and O–H groups in total. The van der Waals surface area contributed by atoms with Crippen LogP contribution in [-0.2, 0) is 0 Å². The quantitative estimate of drug-likeness (QED) is 0.138. The third-order valence-corrected chi connectivity index (χ3v) is 7.43. The fourth-order valence-corrected chi connectivity index (χ4v) is 5.27. The number of aromatic nitrogens is 4. The largest absolute Gasteiger partial charge is 0.382 e. The Morgan fingerprint density at radius 3 is 2.72 bits per heavy atom. The number of Topliss-reactive ketones (excluding diaryl/α,β-unsaturated/α-hetero) is 1. The minimum absolute atomic E-state index is 0.0167. The van der Waals surface area contributed by atoms with Gasteiger partial charge in [-0.15, -0.1) is 0 Å². The fourth-order valence-electron chi connectivity index (χ4n) is 4.05. The van der Waals surface area contributed by atoms with Gasteiger partial charge < -0.3 is 21.3 Å². The highest BCUT2D eigenvalue weighted by Crippen LogP contribution is 2.31. The van der Waals surface area contributed by atoms with Gasteiger partial charge >= 0.3 is 0 Å². The molecule has 0 amide bonds. The lowest BCUT2D eigenvalue weighted by molar-refractivity contribution is 0.0971. The number of benzene rings is 1. The molecule has 0 saturated carbocycles. The summed E-state index contributed by atoms with van der Waals surface area (Å²) in [5, 5.41) is 21.7. The number of hydrogen-bond acceptors (Lipinski definition) is 10. The molecule has 10 nitrogen and oxygen atoms in total. The van der Waals surface area contributed by atoms with E-state index in [1.54, 1.807) is 35.0 Å². The second kappa shape index (κ2) is 13.1. The first-order chi connectivity index (χ1) is 18.8. The zero-order chi connectivity index (χ0) is 27.9. The number of carbonyl (C=O) groups is 1. The standard InChI is InChI=1S/C26H29Cl2N9OS/c1-3-10-36(2)11-4-5-22(38)19-13-21-25(31-8-9-32-26-34-24(30)23(14-29)39-26)33-20(15-37(21)35-19)17-7-6-16(27)12-18(17)28/h6-7,12-13,15H,3-5,8-11,30H2,1-2H3,(H,31,33)(H,32,34). The highest BCUT2D eigenvalue weighted by molar-refractivity contribution is 7.16. The molecule has 0 radical (unpaired) electrons. The monoisotopic (exact) mass is 585 g/mol. The van der Waals surface area contributed by atoms with Gasteiger partial charge in [0.25, 0.3) is 0 Å². The van der Waals surface area contributed by atoms with Crippen LogP contribution in [0.2, 0.25) is 10.0 Å². The summed E-state index contributed by atoms with van der Waals surface area (Å²) >= 11 is 13.8. The molecule has 39 heavy (non-hydrogen) atoms. The molecule has 0 saturated heterocycles. The normalized spacial score (nSPS) is 11.2. The summed E-state index contributed by atoms with van der Waals surface area (Å²) in [6.07, 6.45) is 4.00. The summed E-state index contributed by atoms with van der Waals surface area (Å²) < 4.78 is 1.65. The number of fused-ring (bicyclic) bond motifs is 1. The van der Waals surface area contributed by atoms with Crippen LogP contribution in [0.1, 0.15) is 41.6 Å². The molecule has 0 fully saturated rings. The highest BCUT2D eigenvalue weighted by atomic mass is 35.5. The molecule has 3 aromatic heterocycles. The summed E-state index contributed by atoms with van der Waals surface area (Å²) in [6.45, 7) is 4.96. The van der Waals surface area contributed by atoms with Gasteiger partial charge in [-0.25, -0.2) is 14.5 Å². The molecular weight excluding hydrogens is 557 g/mol. The molecule has 0 aliphatic rings. The lowest BCUT2D eigenvalue weighted by Crippen LogP contribution is -2.21. The molecule has 0 aliphatic carbocycles. The third kappa shape index (κ3) is 7.16. The first-order valence-electron chi connectivity index (χ1n) is 12.5. The first-order valence-corrected chi connectivity index (χ1v) is 14.1. The van der Waals surface area contributed by atoms with E-state index in [4.69, 9.17) is 39.2 Å². The van der Waals surface area contributed by atoms with Crippen LogP contribution in [0.15, 0.2) is 30.5 Å². The van der Waals surface area contributed by atoms with Gasteiger partial charge in [0.15, 0.2) is 22.6 Å². The average molecular weight is 587 g/mol. The number of rotatable bonds is 13. The van der Waals surface area contributed by atoms with Crippen LogP contribution >= 0.6 is 34.5 Å². The molecule has 1 aromatic carbocycles. The maximum absolute atomic E-state index is 13.0. The van der Waals surface area contributed by atoms with Crippen molar-refractivity contribution in [2.24, 2.45) is 0 Å². The van der Waals surface area contributed by atoms with Crippen molar-refractivity contribution in [3.63, 3.8) is 0 Å². The molecule has 0 unspecified atom stereocenters. The van der Waals surface area contributed by atoms with Crippen LogP contribution in [0.3, 0.4) is 0 Å². The van der Waals surface area contributed by atoms with Crippen molar-refractivity contribution >= 4 is 62.6 Å². The summed E-state index contributed by atoms with van der Waals surface area (Å²) in [5.41, 5.74) is 8.06. The van der Waals surface area contributed by atoms with Crippen molar-refractivity contribution < 1.29 is 4.79 Å². The summed E-state index contributed by atoms with van der Waals surface area (Å²) in [5.74, 6) is 0.741. The van der Waals surface area contributed by atoms with Crippen molar-refractivity contribution in [2.45, 2.75) is 26.2 Å². The molecule has 204 valence electrons. The van der Waals surface area contributed by atoms with Gasteiger partial charge in [0.1, 0.15) is 22.2 Å². The van der Waals surface area contributed by atoms with Crippen molar-refractivity contribution in [3.05, 3.63) is 51.1 Å². The molecule has 0 aliphatic heterocycles. The van der Waals surface area contributed by atoms with Crippen molar-refractivity contribution in [1.82, 2.24) is 24.5 Å². The lowest BCUT2D eigenvalue weighted by atomic mass is 10.1. The number of nitrogen functional groups attached to an aromatic ring is 1. The van der Waals surface area contributed by atoms with Gasteiger partial charge in [0.05, 0.1) is 16.9 Å². The predicted molar refractivity (Wildman–Crippen MR) is 158 cm³/mol. The fraction of sp³-hybridized carbons (Fsp3) is 0.346. The van der Waals surface area contributed by atoms with E-state index in [2.05, 4.69) is 39.6 Å². The Bertz CT molecular complexity index is 1510. The van der Waals surface area contributed by atoms with Crippen molar-refractivity contribution in [2.75, 3.05) is 49.6 Å². The molecule has 0 atom stereocenters. The minimum Gasteiger partial charge on any atom is -0.382 e. The van der Waals surface area contributed by atoms with E-state index in [9.17, 15) is 4.79 Å². The SMILES string of the molecule is CCCN(C)CCCC(=O)c1cc2c(NCCNc3nc(N)c(C#N)s3)nc(-c3ccc(Cl)cc3Cl)cn2n1. The number of nitrogens with one attached hydrogen (secondary N) is 2. The van der Waals surface area contributed by atoms with Crippen LogP contribution in [0, 0.1) is 11.3 Å². The Labute approximate surface area is 240 Å². The molecule has 4 rings (SSSR count). The Balaban J connectivity index is 1.55. The molecular formula is C26H29Cl2N9OS. The van der Waals surface area contributed by atoms with Gasteiger partial charge in [-0.05, 0) is 57.2 Å². The van der Waals surface area contributed by atoms with Crippen molar-refractivity contribution in [1.29, 1.82) is 5.26 Å². The molecule has 13 heteroatoms. The first kappa shape index (κ1) is 28.6. The number of halogens is 2. The minimum atomic E-state index is -0.0167. The summed E-state index contributed by atoms with van der Waals surface area (Å²) in [7, 11) is 2.06. The summed E-state index contributed by atoms with van der Waals surface area (Å²) in [6, 6.07) is 8.98. The number of hydrogen-bond donors (Lipinski definition) is 3. The second-order valence-corrected chi connectivity index (χ2v) is 10.8. The van der Waals surface area contributed by atoms with Crippen molar-refractivity contribution in [3.8, 4) is 17.3 Å². The molecule has 0 spiro atoms. The van der Waals surface area contributed by atoms with Gasteiger partial charge in [0.2, 0.25) is 0 Å². The third-order valence-electron chi connectivity index (χ3n) is 5.95. The molecule has 0 bridgehead atoms. The van der Waals surface area contributed by atoms with Crippen LogP contribution in [0.4, 0.5) is 16.8 Å². The van der Waals surface area contributed by atoms with Gasteiger partial charge in [-0.3, -0.25) is 4.79 Å². The number of nitrogens with two attached hydrogens (primary N) is 1. The molecule has 4 aromatic rings. The van der Waals surface area contributed by atoms with E-state index in [0.717, 1.165) is 25.9 Å². The zero-order valence-electron chi connectivity index (χ0n) is 21.7. The van der Waals surface area contributed by atoms with Crippen LogP contribution in [0.25, 0.3) is 16.8 Å². The van der Waals surface area contributed by atoms with Crippen LogP contribution in [-0.4, -0.2) is 63.5 Å². The van der Waals surface area contributed by atoms with Crippen LogP contribution < -0.4 is 16.4 Å². The van der Waals surface area contributed by atoms with E-state index in [0.29, 0.717) is 67.9 Å². The van der Waals surface area contributed by atoms with E-state index in [-0.39, 0.29) is 11.6 Å². The number of ketones is 1. The second-order valence-electron chi connectivity index (χ2n) is 8.99. The number of nitriles is 1. The topological polar surface area (TPSA) is 137 Å². The molecule has 3 heterocycles. The lowest BCUT2D eigenvalue weighted by Gasteiger charge is -2.14. The number of carbonyl (C=O) groups excluding carboxylic acids is 1. The van der Waals surface area contributed by atoms with E-state index >= 15 is 0 Å². The summed E-state index contributed by atoms with van der Waals surface area (Å²) in [4.78, 5) is 24.5. The zero-order valence-corrected chi connectivity index (χ0v) is 24.0. The van der Waals surface area contributed by atoms with Crippen LogP contribution in [0.5, 0.6) is 0 Å². The van der Waals surface area contributed by atoms with E-state index in [1.807, 2.05) is 6.07 Å². The Morgan fingerprint density at radius 1 is 1.21 bits per heavy atom. The van der Waals surface area contributed by atoms with E-state index in [1.165, 1.54) is 11.3 Å². The average Bonchev–Trinajstić information content (AvgIpc) is 3.49. The highest BCUT2D eigenvalue weighted by Gasteiger charge is 2.17. The number of anilines is 3.